The fraction of sp³-hybridized carbons (Fsp3) is 0.533. The van der Waals surface area contributed by atoms with Gasteiger partial charge in [0.15, 0.2) is 5.78 Å². The van der Waals surface area contributed by atoms with Gasteiger partial charge in [-0.05, 0) is 6.07 Å². The standard InChI is InChI=1S/C15H22N2O2/c1-14(2,3)12(18)10-7-8-16-9-11(10)17-13(19)15(4,5)6/h7-9H,1-6H3,(H,17,19). The number of aromatic nitrogens is 1. The summed E-state index contributed by atoms with van der Waals surface area (Å²) in [6.07, 6.45) is 3.08. The lowest BCUT2D eigenvalue weighted by Crippen LogP contribution is -2.29. The first-order valence-corrected chi connectivity index (χ1v) is 6.34. The van der Waals surface area contributed by atoms with Gasteiger partial charge < -0.3 is 5.32 Å². The van der Waals surface area contributed by atoms with Crippen LogP contribution in [0.5, 0.6) is 0 Å². The SMILES string of the molecule is CC(C)(C)C(=O)Nc1cnccc1C(=O)C(C)(C)C. The maximum absolute atomic E-state index is 12.3. The van der Waals surface area contributed by atoms with E-state index in [-0.39, 0.29) is 11.7 Å². The second-order valence-corrected chi connectivity index (χ2v) is 6.70. The van der Waals surface area contributed by atoms with Crippen LogP contribution in [-0.2, 0) is 4.79 Å². The quantitative estimate of drug-likeness (QED) is 0.832. The lowest BCUT2D eigenvalue weighted by atomic mass is 9.86. The molecule has 4 nitrogen and oxygen atoms in total. The van der Waals surface area contributed by atoms with Gasteiger partial charge in [0.25, 0.3) is 0 Å². The van der Waals surface area contributed by atoms with Gasteiger partial charge in [-0.1, -0.05) is 41.5 Å². The van der Waals surface area contributed by atoms with E-state index in [0.717, 1.165) is 0 Å². The molecule has 1 N–H and O–H groups in total. The van der Waals surface area contributed by atoms with Crippen molar-refractivity contribution in [2.75, 3.05) is 5.32 Å². The van der Waals surface area contributed by atoms with E-state index >= 15 is 0 Å². The number of anilines is 1. The second kappa shape index (κ2) is 5.11. The molecule has 4 heteroatoms. The minimum absolute atomic E-state index is 0.0147. The highest BCUT2D eigenvalue weighted by Gasteiger charge is 2.27. The van der Waals surface area contributed by atoms with Crippen molar-refractivity contribution in [3.63, 3.8) is 0 Å². The topological polar surface area (TPSA) is 59.1 Å². The average molecular weight is 262 g/mol. The maximum Gasteiger partial charge on any atom is 0.229 e. The number of ketones is 1. The van der Waals surface area contributed by atoms with Crippen LogP contribution in [0.1, 0.15) is 51.9 Å². The van der Waals surface area contributed by atoms with E-state index in [0.29, 0.717) is 11.3 Å². The first kappa shape index (κ1) is 15.3. The Balaban J connectivity index is 3.11. The molecule has 0 aliphatic carbocycles. The van der Waals surface area contributed by atoms with E-state index in [1.165, 1.54) is 6.20 Å². The van der Waals surface area contributed by atoms with E-state index in [1.807, 2.05) is 41.5 Å². The number of hydrogen-bond acceptors (Lipinski definition) is 3. The van der Waals surface area contributed by atoms with Gasteiger partial charge in [0.2, 0.25) is 5.91 Å². The predicted octanol–water partition coefficient (Wildman–Crippen LogP) is 3.30. The Morgan fingerprint density at radius 1 is 1.05 bits per heavy atom. The molecule has 0 radical (unpaired) electrons. The number of carbonyl (C=O) groups is 2. The molecule has 1 amide bonds. The number of Topliss-reactive ketones (excluding diaryl/α,β-unsaturated/α-hetero) is 1. The van der Waals surface area contributed by atoms with Crippen molar-refractivity contribution in [2.45, 2.75) is 41.5 Å². The van der Waals surface area contributed by atoms with Crippen LogP contribution >= 0.6 is 0 Å². The van der Waals surface area contributed by atoms with Crippen molar-refractivity contribution >= 4 is 17.4 Å². The molecule has 0 fully saturated rings. The summed E-state index contributed by atoms with van der Waals surface area (Å²) in [5, 5.41) is 2.78. The summed E-state index contributed by atoms with van der Waals surface area (Å²) in [4.78, 5) is 28.3. The Kier molecular flexibility index (Phi) is 4.13. The molecule has 0 unspecified atom stereocenters. The molecule has 0 aliphatic rings. The van der Waals surface area contributed by atoms with Gasteiger partial charge in [-0.2, -0.15) is 0 Å². The van der Waals surface area contributed by atoms with Crippen LogP contribution in [0.3, 0.4) is 0 Å². The summed E-state index contributed by atoms with van der Waals surface area (Å²) < 4.78 is 0. The van der Waals surface area contributed by atoms with Crippen LogP contribution in [0, 0.1) is 10.8 Å². The molecule has 19 heavy (non-hydrogen) atoms. The number of nitrogens with zero attached hydrogens (tertiary/aromatic N) is 1. The largest absolute Gasteiger partial charge is 0.324 e. The van der Waals surface area contributed by atoms with Crippen LogP contribution in [0.25, 0.3) is 0 Å². The Morgan fingerprint density at radius 3 is 2.11 bits per heavy atom. The van der Waals surface area contributed by atoms with Crippen LogP contribution in [0.4, 0.5) is 5.69 Å². The number of hydrogen-bond donors (Lipinski definition) is 1. The van der Waals surface area contributed by atoms with Crippen molar-refractivity contribution in [2.24, 2.45) is 10.8 Å². The minimum atomic E-state index is -0.516. The van der Waals surface area contributed by atoms with Crippen LogP contribution in [0.2, 0.25) is 0 Å². The molecule has 1 heterocycles. The average Bonchev–Trinajstić information content (AvgIpc) is 2.26. The molecule has 1 aromatic heterocycles. The molecule has 0 saturated carbocycles. The third-order valence-corrected chi connectivity index (χ3v) is 2.68. The smallest absolute Gasteiger partial charge is 0.229 e. The highest BCUT2D eigenvalue weighted by atomic mass is 16.2. The summed E-state index contributed by atoms with van der Waals surface area (Å²) in [6.45, 7) is 11.0. The number of carbonyl (C=O) groups excluding carboxylic acids is 2. The van der Waals surface area contributed by atoms with Gasteiger partial charge >= 0.3 is 0 Å². The monoisotopic (exact) mass is 262 g/mol. The Hall–Kier alpha value is -1.71. The molecule has 1 rings (SSSR count). The molecular formula is C15H22N2O2. The highest BCUT2D eigenvalue weighted by Crippen LogP contribution is 2.26. The molecule has 104 valence electrons. The fourth-order valence-corrected chi connectivity index (χ4v) is 1.41. The van der Waals surface area contributed by atoms with Gasteiger partial charge in [0.1, 0.15) is 0 Å². The van der Waals surface area contributed by atoms with Crippen LogP contribution in [-0.4, -0.2) is 16.7 Å². The van der Waals surface area contributed by atoms with Crippen LogP contribution < -0.4 is 5.32 Å². The zero-order valence-corrected chi connectivity index (χ0v) is 12.5. The summed E-state index contributed by atoms with van der Waals surface area (Å²) in [5.41, 5.74) is -0.0389. The molecular weight excluding hydrogens is 240 g/mol. The third kappa shape index (κ3) is 3.88. The minimum Gasteiger partial charge on any atom is -0.324 e. The second-order valence-electron chi connectivity index (χ2n) is 6.70. The van der Waals surface area contributed by atoms with E-state index in [1.54, 1.807) is 12.3 Å². The number of nitrogens with one attached hydrogen (secondary N) is 1. The first-order valence-electron chi connectivity index (χ1n) is 6.34. The van der Waals surface area contributed by atoms with Crippen molar-refractivity contribution in [1.29, 1.82) is 0 Å². The van der Waals surface area contributed by atoms with Crippen molar-refractivity contribution < 1.29 is 9.59 Å². The van der Waals surface area contributed by atoms with Crippen LogP contribution in [0.15, 0.2) is 18.5 Å². The normalized spacial score (nSPS) is 12.1. The molecule has 0 aromatic carbocycles. The Bertz CT molecular complexity index is 494. The number of amides is 1. The van der Waals surface area contributed by atoms with Gasteiger partial charge in [-0.3, -0.25) is 14.6 Å². The molecule has 0 saturated heterocycles. The fourth-order valence-electron chi connectivity index (χ4n) is 1.41. The molecule has 0 bridgehead atoms. The van der Waals surface area contributed by atoms with Crippen molar-refractivity contribution in [1.82, 2.24) is 4.98 Å². The summed E-state index contributed by atoms with van der Waals surface area (Å²) >= 11 is 0. The lowest BCUT2D eigenvalue weighted by molar-refractivity contribution is -0.123. The number of pyridine rings is 1. The van der Waals surface area contributed by atoms with E-state index in [4.69, 9.17) is 0 Å². The summed E-state index contributed by atoms with van der Waals surface area (Å²) in [6, 6.07) is 1.64. The van der Waals surface area contributed by atoms with E-state index in [2.05, 4.69) is 10.3 Å². The number of rotatable bonds is 2. The molecule has 0 spiro atoms. The van der Waals surface area contributed by atoms with E-state index in [9.17, 15) is 9.59 Å². The Labute approximate surface area is 114 Å². The molecule has 0 atom stereocenters. The lowest BCUT2D eigenvalue weighted by Gasteiger charge is -2.21. The van der Waals surface area contributed by atoms with Gasteiger partial charge in [-0.15, -0.1) is 0 Å². The highest BCUT2D eigenvalue weighted by molar-refractivity contribution is 6.07. The van der Waals surface area contributed by atoms with Crippen molar-refractivity contribution in [3.05, 3.63) is 24.0 Å². The zero-order valence-electron chi connectivity index (χ0n) is 12.5. The van der Waals surface area contributed by atoms with Gasteiger partial charge in [0, 0.05) is 22.6 Å². The van der Waals surface area contributed by atoms with Gasteiger partial charge in [0.05, 0.1) is 11.9 Å². The predicted molar refractivity (Wildman–Crippen MR) is 76.1 cm³/mol. The maximum atomic E-state index is 12.3. The zero-order chi connectivity index (χ0) is 14.8. The van der Waals surface area contributed by atoms with Gasteiger partial charge in [-0.25, -0.2) is 0 Å². The summed E-state index contributed by atoms with van der Waals surface area (Å²) in [5.74, 6) is -0.150. The Morgan fingerprint density at radius 2 is 1.63 bits per heavy atom. The molecule has 1 aromatic rings. The third-order valence-electron chi connectivity index (χ3n) is 2.68. The first-order chi connectivity index (χ1) is 8.53. The van der Waals surface area contributed by atoms with Crippen molar-refractivity contribution in [3.8, 4) is 0 Å². The molecule has 0 aliphatic heterocycles. The van der Waals surface area contributed by atoms with E-state index < -0.39 is 10.8 Å². The summed E-state index contributed by atoms with van der Waals surface area (Å²) in [7, 11) is 0.